The molecule has 0 spiro atoms. The molecule has 1 saturated heterocycles. The summed E-state index contributed by atoms with van der Waals surface area (Å²) in [6.45, 7) is 8.07. The summed E-state index contributed by atoms with van der Waals surface area (Å²) >= 11 is 1.38. The molecule has 6 heteroatoms. The minimum Gasteiger partial charge on any atom is -0.437 e. The Labute approximate surface area is 169 Å². The molecule has 0 unspecified atom stereocenters. The van der Waals surface area contributed by atoms with Gasteiger partial charge in [0, 0.05) is 32.7 Å². The largest absolute Gasteiger partial charge is 0.437 e. The monoisotopic (exact) mass is 395 g/mol. The van der Waals surface area contributed by atoms with Gasteiger partial charge in [-0.1, -0.05) is 54.2 Å². The maximum atomic E-state index is 12.5. The lowest BCUT2D eigenvalue weighted by Gasteiger charge is -2.34. The lowest BCUT2D eigenvalue weighted by Crippen LogP contribution is -2.48. The number of hydrogen-bond acceptors (Lipinski definition) is 5. The molecule has 1 aliphatic rings. The van der Waals surface area contributed by atoms with Crippen molar-refractivity contribution in [1.29, 1.82) is 0 Å². The van der Waals surface area contributed by atoms with E-state index in [1.165, 1.54) is 28.1 Å². The van der Waals surface area contributed by atoms with Gasteiger partial charge in [-0.25, -0.2) is 4.98 Å². The number of fused-ring (bicyclic) bond motifs is 1. The molecule has 0 saturated carbocycles. The number of aryl methyl sites for hydroxylation is 2. The average Bonchev–Trinajstić information content (AvgIpc) is 3.04. The fourth-order valence-corrected chi connectivity index (χ4v) is 4.36. The lowest BCUT2D eigenvalue weighted by atomic mass is 10.0. The number of carbonyl (C=O) groups excluding carboxylic acids is 1. The van der Waals surface area contributed by atoms with Crippen LogP contribution in [0.3, 0.4) is 0 Å². The molecule has 28 heavy (non-hydrogen) atoms. The average molecular weight is 396 g/mol. The van der Waals surface area contributed by atoms with E-state index < -0.39 is 0 Å². The molecule has 1 aliphatic heterocycles. The first kappa shape index (κ1) is 19.0. The van der Waals surface area contributed by atoms with Crippen molar-refractivity contribution in [3.05, 3.63) is 59.5 Å². The molecule has 2 heterocycles. The van der Waals surface area contributed by atoms with Crippen molar-refractivity contribution in [3.63, 3.8) is 0 Å². The Bertz CT molecular complexity index is 952. The summed E-state index contributed by atoms with van der Waals surface area (Å²) in [7, 11) is 0. The normalized spacial score (nSPS) is 15.3. The van der Waals surface area contributed by atoms with Crippen molar-refractivity contribution < 1.29 is 9.21 Å². The first-order valence-electron chi connectivity index (χ1n) is 9.64. The van der Waals surface area contributed by atoms with Gasteiger partial charge < -0.3 is 9.32 Å². The molecular formula is C22H25N3O2S. The van der Waals surface area contributed by atoms with Crippen LogP contribution in [0.15, 0.2) is 52.1 Å². The van der Waals surface area contributed by atoms with E-state index in [9.17, 15) is 4.79 Å². The Morgan fingerprint density at radius 3 is 2.57 bits per heavy atom. The van der Waals surface area contributed by atoms with Crippen LogP contribution in [-0.4, -0.2) is 52.6 Å². The molecule has 2 aromatic carbocycles. The summed E-state index contributed by atoms with van der Waals surface area (Å²) in [5.41, 5.74) is 2.24. The summed E-state index contributed by atoms with van der Waals surface area (Å²) in [5, 5.41) is 3.18. The third kappa shape index (κ3) is 4.23. The van der Waals surface area contributed by atoms with Crippen molar-refractivity contribution in [2.75, 3.05) is 31.9 Å². The second kappa shape index (κ2) is 8.37. The van der Waals surface area contributed by atoms with Crippen LogP contribution in [0.25, 0.3) is 10.8 Å². The van der Waals surface area contributed by atoms with Crippen LogP contribution in [0.1, 0.15) is 17.0 Å². The third-order valence-electron chi connectivity index (χ3n) is 5.33. The fraction of sp³-hybridized carbons (Fsp3) is 0.364. The zero-order chi connectivity index (χ0) is 19.5. The number of nitrogens with zero attached hydrogens (tertiary/aromatic N) is 3. The lowest BCUT2D eigenvalue weighted by molar-refractivity contribution is -0.130. The molecule has 4 rings (SSSR count). The molecule has 0 atom stereocenters. The van der Waals surface area contributed by atoms with Gasteiger partial charge in [0.1, 0.15) is 5.76 Å². The van der Waals surface area contributed by atoms with Crippen molar-refractivity contribution in [1.82, 2.24) is 14.8 Å². The van der Waals surface area contributed by atoms with Gasteiger partial charge in [0.2, 0.25) is 5.91 Å². The number of amides is 1. The first-order valence-corrected chi connectivity index (χ1v) is 10.6. The van der Waals surface area contributed by atoms with E-state index in [-0.39, 0.29) is 5.91 Å². The minimum absolute atomic E-state index is 0.156. The number of piperazine rings is 1. The van der Waals surface area contributed by atoms with Crippen LogP contribution in [0, 0.1) is 13.8 Å². The number of carbonyl (C=O) groups is 1. The molecule has 5 nitrogen and oxygen atoms in total. The van der Waals surface area contributed by atoms with E-state index in [2.05, 4.69) is 52.3 Å². The van der Waals surface area contributed by atoms with Crippen LogP contribution < -0.4 is 0 Å². The highest BCUT2D eigenvalue weighted by Gasteiger charge is 2.22. The maximum Gasteiger partial charge on any atom is 0.256 e. The third-order valence-corrected chi connectivity index (χ3v) is 6.14. The highest BCUT2D eigenvalue weighted by molar-refractivity contribution is 7.99. The Balaban J connectivity index is 1.30. The molecule has 1 aromatic heterocycles. The second-order valence-electron chi connectivity index (χ2n) is 7.21. The van der Waals surface area contributed by atoms with Crippen LogP contribution in [0.5, 0.6) is 0 Å². The summed E-state index contributed by atoms with van der Waals surface area (Å²) in [6, 6.07) is 15.0. The van der Waals surface area contributed by atoms with E-state index >= 15 is 0 Å². The number of hydrogen-bond donors (Lipinski definition) is 0. The Kier molecular flexibility index (Phi) is 5.69. The van der Waals surface area contributed by atoms with Gasteiger partial charge in [-0.15, -0.1) is 0 Å². The Hall–Kier alpha value is -2.31. The van der Waals surface area contributed by atoms with E-state index in [1.807, 2.05) is 18.7 Å². The van der Waals surface area contributed by atoms with Crippen LogP contribution in [0.2, 0.25) is 0 Å². The van der Waals surface area contributed by atoms with Crippen LogP contribution in [0.4, 0.5) is 0 Å². The van der Waals surface area contributed by atoms with Crippen molar-refractivity contribution in [3.8, 4) is 0 Å². The zero-order valence-electron chi connectivity index (χ0n) is 16.4. The second-order valence-corrected chi connectivity index (χ2v) is 8.13. The van der Waals surface area contributed by atoms with Crippen molar-refractivity contribution in [2.45, 2.75) is 25.6 Å². The number of oxazole rings is 1. The highest BCUT2D eigenvalue weighted by Crippen LogP contribution is 2.22. The molecule has 0 radical (unpaired) electrons. The van der Waals surface area contributed by atoms with Crippen molar-refractivity contribution in [2.24, 2.45) is 0 Å². The highest BCUT2D eigenvalue weighted by atomic mass is 32.2. The number of aromatic nitrogens is 1. The van der Waals surface area contributed by atoms with Gasteiger partial charge in [0.25, 0.3) is 5.22 Å². The van der Waals surface area contributed by atoms with Crippen LogP contribution >= 0.6 is 11.8 Å². The molecule has 1 fully saturated rings. The van der Waals surface area contributed by atoms with Gasteiger partial charge >= 0.3 is 0 Å². The summed E-state index contributed by atoms with van der Waals surface area (Å²) in [5.74, 6) is 1.35. The maximum absolute atomic E-state index is 12.5. The molecular weight excluding hydrogens is 370 g/mol. The van der Waals surface area contributed by atoms with E-state index in [4.69, 9.17) is 4.42 Å². The number of benzene rings is 2. The fourth-order valence-electron chi connectivity index (χ4n) is 3.55. The summed E-state index contributed by atoms with van der Waals surface area (Å²) < 4.78 is 5.54. The molecule has 146 valence electrons. The summed E-state index contributed by atoms with van der Waals surface area (Å²) in [4.78, 5) is 21.2. The topological polar surface area (TPSA) is 49.6 Å². The van der Waals surface area contributed by atoms with E-state index in [0.717, 1.165) is 44.2 Å². The predicted octanol–water partition coefficient (Wildman–Crippen LogP) is 3.88. The standard InChI is InChI=1S/C22H25N3O2S/c1-16-17(2)27-22(23-16)28-15-21(26)25-12-10-24(11-13-25)14-19-8-5-7-18-6-3-4-9-20(18)19/h3-9H,10-15H2,1-2H3. The van der Waals surface area contributed by atoms with E-state index in [1.54, 1.807) is 0 Å². The molecule has 0 aliphatic carbocycles. The molecule has 0 N–H and O–H groups in total. The number of rotatable bonds is 5. The van der Waals surface area contributed by atoms with Gasteiger partial charge in [-0.3, -0.25) is 9.69 Å². The zero-order valence-corrected chi connectivity index (χ0v) is 17.2. The van der Waals surface area contributed by atoms with Gasteiger partial charge in [0.05, 0.1) is 11.4 Å². The molecule has 3 aromatic rings. The molecule has 1 amide bonds. The minimum atomic E-state index is 0.156. The smallest absolute Gasteiger partial charge is 0.256 e. The first-order chi connectivity index (χ1) is 13.6. The molecule has 0 bridgehead atoms. The summed E-state index contributed by atoms with van der Waals surface area (Å²) in [6.07, 6.45) is 0. The van der Waals surface area contributed by atoms with Crippen molar-refractivity contribution >= 4 is 28.4 Å². The van der Waals surface area contributed by atoms with Gasteiger partial charge in [-0.2, -0.15) is 0 Å². The van der Waals surface area contributed by atoms with E-state index in [0.29, 0.717) is 11.0 Å². The quantitative estimate of drug-likeness (QED) is 0.614. The Morgan fingerprint density at radius 2 is 1.82 bits per heavy atom. The van der Waals surface area contributed by atoms with Crippen LogP contribution in [-0.2, 0) is 11.3 Å². The predicted molar refractivity (Wildman–Crippen MR) is 113 cm³/mol. The Morgan fingerprint density at radius 1 is 1.07 bits per heavy atom. The van der Waals surface area contributed by atoms with Gasteiger partial charge in [-0.05, 0) is 30.2 Å². The SMILES string of the molecule is Cc1nc(SCC(=O)N2CCN(Cc3cccc4ccccc34)CC2)oc1C. The number of thioether (sulfide) groups is 1. The van der Waals surface area contributed by atoms with Gasteiger partial charge in [0.15, 0.2) is 0 Å².